The highest BCUT2D eigenvalue weighted by Crippen LogP contribution is 2.47. The smallest absolute Gasteiger partial charge is 0.364 e. The molecule has 2 aromatic carbocycles. The minimum Gasteiger partial charge on any atom is -0.364 e. The van der Waals surface area contributed by atoms with Gasteiger partial charge >= 0.3 is 6.18 Å². The van der Waals surface area contributed by atoms with Crippen molar-refractivity contribution < 1.29 is 27.3 Å². The van der Waals surface area contributed by atoms with Crippen molar-refractivity contribution in [1.82, 2.24) is 15.0 Å². The fraction of sp³-hybridized carbons (Fsp3) is 0.472. The van der Waals surface area contributed by atoms with E-state index in [0.717, 1.165) is 55.5 Å². The van der Waals surface area contributed by atoms with Gasteiger partial charge < -0.3 is 14.3 Å². The van der Waals surface area contributed by atoms with E-state index in [4.69, 9.17) is 4.52 Å². The van der Waals surface area contributed by atoms with Crippen LogP contribution in [0, 0.1) is 18.3 Å². The summed E-state index contributed by atoms with van der Waals surface area (Å²) in [5.74, 6) is -0.115. The Morgan fingerprint density at radius 2 is 1.91 bits per heavy atom. The third kappa shape index (κ3) is 5.24. The van der Waals surface area contributed by atoms with Gasteiger partial charge in [0, 0.05) is 53.8 Å². The van der Waals surface area contributed by atoms with Crippen molar-refractivity contribution in [2.45, 2.75) is 70.6 Å². The van der Waals surface area contributed by atoms with Gasteiger partial charge in [-0.15, -0.1) is 0 Å². The number of alkyl halides is 3. The zero-order valence-corrected chi connectivity index (χ0v) is 26.3. The number of likely N-dealkylation sites (tertiary alicyclic amines) is 2. The molecule has 3 fully saturated rings. The van der Waals surface area contributed by atoms with E-state index >= 15 is 0 Å². The number of amides is 2. The van der Waals surface area contributed by atoms with Crippen LogP contribution in [-0.4, -0.2) is 52.9 Å². The van der Waals surface area contributed by atoms with Crippen molar-refractivity contribution in [1.29, 1.82) is 0 Å². The predicted molar refractivity (Wildman–Crippen MR) is 167 cm³/mol. The van der Waals surface area contributed by atoms with Gasteiger partial charge in [0.05, 0.1) is 17.8 Å². The largest absolute Gasteiger partial charge is 0.416 e. The maximum absolute atomic E-state index is 14.6. The lowest BCUT2D eigenvalue weighted by Crippen LogP contribution is -2.34. The van der Waals surface area contributed by atoms with E-state index in [2.05, 4.69) is 16.6 Å². The summed E-state index contributed by atoms with van der Waals surface area (Å²) >= 11 is 0. The fourth-order valence-corrected chi connectivity index (χ4v) is 8.14. The number of nitrogens with zero attached hydrogens (tertiary/aromatic N) is 4. The number of benzene rings is 2. The van der Waals surface area contributed by atoms with Crippen LogP contribution in [0.5, 0.6) is 0 Å². The molecule has 0 bridgehead atoms. The molecule has 7 nitrogen and oxygen atoms in total. The maximum Gasteiger partial charge on any atom is 0.416 e. The van der Waals surface area contributed by atoms with Crippen molar-refractivity contribution in [3.05, 3.63) is 94.4 Å². The van der Waals surface area contributed by atoms with Crippen LogP contribution in [0.4, 0.5) is 18.9 Å². The molecule has 1 aromatic heterocycles. The first kappa shape index (κ1) is 30.7. The van der Waals surface area contributed by atoms with Gasteiger partial charge in [-0.2, -0.15) is 13.2 Å². The highest BCUT2D eigenvalue weighted by Gasteiger charge is 2.46. The van der Waals surface area contributed by atoms with Crippen LogP contribution in [0.1, 0.15) is 94.9 Å². The van der Waals surface area contributed by atoms with Gasteiger partial charge in [0.25, 0.3) is 5.91 Å². The molecule has 1 aliphatic carbocycles. The molecule has 0 radical (unpaired) electrons. The molecule has 2 amide bonds. The Labute approximate surface area is 267 Å². The number of anilines is 1. The van der Waals surface area contributed by atoms with Gasteiger partial charge in [-0.25, -0.2) is 0 Å². The summed E-state index contributed by atoms with van der Waals surface area (Å²) in [4.78, 5) is 31.6. The first-order chi connectivity index (χ1) is 22.0. The maximum atomic E-state index is 14.6. The quantitative estimate of drug-likeness (QED) is 0.257. The Balaban J connectivity index is 1.17. The third-order valence-corrected chi connectivity index (χ3v) is 11.0. The summed E-state index contributed by atoms with van der Waals surface area (Å²) in [6, 6.07) is 10.2. The first-order valence-electron chi connectivity index (χ1n) is 16.2. The van der Waals surface area contributed by atoms with Crippen molar-refractivity contribution in [3.8, 4) is 0 Å². The molecular formula is C36H39F3N4O3. The molecular weight excluding hydrogens is 593 g/mol. The number of rotatable bonds is 7. The Morgan fingerprint density at radius 1 is 1.13 bits per heavy atom. The average molecular weight is 633 g/mol. The molecule has 1 saturated carbocycles. The Bertz CT molecular complexity index is 1700. The van der Waals surface area contributed by atoms with Crippen LogP contribution in [0.15, 0.2) is 59.8 Å². The van der Waals surface area contributed by atoms with Gasteiger partial charge in [-0.3, -0.25) is 14.5 Å². The van der Waals surface area contributed by atoms with E-state index in [1.807, 2.05) is 36.9 Å². The molecule has 4 aliphatic rings. The summed E-state index contributed by atoms with van der Waals surface area (Å²) in [6.07, 6.45) is 3.36. The van der Waals surface area contributed by atoms with Crippen molar-refractivity contribution in [3.63, 3.8) is 0 Å². The zero-order valence-electron chi connectivity index (χ0n) is 26.3. The molecule has 1 spiro atoms. The topological polar surface area (TPSA) is 69.9 Å². The standard InChI is InChI=1S/C36H39F3N4O3/c1-4-31(44)42-14-12-35(21-42)11-13-41(20-35)23(3)26-16-28-29(30(17-26)36(37,38)39)18-43(34(28)45)27-10-6-9-25(15-27)32(24-7-5-8-24)33-22(2)19-46-40-33/h4,6,9-10,15-17,19,23-24,32H,1,5,7-8,11-14,18,20-21H2,2-3H3/t23-,32-,35+/m1/s1. The van der Waals surface area contributed by atoms with Gasteiger partial charge in [-0.05, 0) is 99.0 Å². The zero-order chi connectivity index (χ0) is 32.4. The van der Waals surface area contributed by atoms with E-state index in [0.29, 0.717) is 36.8 Å². The monoisotopic (exact) mass is 632 g/mol. The number of carbonyl (C=O) groups excluding carboxylic acids is 2. The predicted octanol–water partition coefficient (Wildman–Crippen LogP) is 7.27. The summed E-state index contributed by atoms with van der Waals surface area (Å²) in [7, 11) is 0. The van der Waals surface area contributed by atoms with E-state index in [-0.39, 0.29) is 41.0 Å². The van der Waals surface area contributed by atoms with Gasteiger partial charge in [0.1, 0.15) is 6.26 Å². The van der Waals surface area contributed by atoms with Crippen LogP contribution in [0.2, 0.25) is 0 Å². The number of aromatic nitrogens is 1. The van der Waals surface area contributed by atoms with Crippen LogP contribution < -0.4 is 4.90 Å². The van der Waals surface area contributed by atoms with Crippen LogP contribution in [-0.2, 0) is 17.5 Å². The van der Waals surface area contributed by atoms with Gasteiger partial charge in [0.2, 0.25) is 5.91 Å². The number of aryl methyl sites for hydroxylation is 1. The van der Waals surface area contributed by atoms with Crippen molar-refractivity contribution >= 4 is 17.5 Å². The van der Waals surface area contributed by atoms with Crippen LogP contribution in [0.3, 0.4) is 0 Å². The molecule has 7 rings (SSSR count). The SMILES string of the molecule is C=CC(=O)N1CC[C@]2(CCN([C@H](C)c3cc4c(c(C(F)(F)F)c3)CN(c3cccc([C@H](c5nocc5C)C5CCC5)c3)C4=O)C2)C1. The molecule has 4 heterocycles. The minimum absolute atomic E-state index is 0.00342. The second-order valence-electron chi connectivity index (χ2n) is 13.7. The average Bonchev–Trinajstić information content (AvgIpc) is 3.81. The van der Waals surface area contributed by atoms with E-state index in [9.17, 15) is 22.8 Å². The number of carbonyl (C=O) groups is 2. The highest BCUT2D eigenvalue weighted by molar-refractivity contribution is 6.10. The molecule has 3 aromatic rings. The van der Waals surface area contributed by atoms with Crippen molar-refractivity contribution in [2.24, 2.45) is 11.3 Å². The second kappa shape index (κ2) is 11.4. The summed E-state index contributed by atoms with van der Waals surface area (Å²) in [6.45, 7) is 10.0. The lowest BCUT2D eigenvalue weighted by molar-refractivity contribution is -0.138. The Kier molecular flexibility index (Phi) is 7.61. The van der Waals surface area contributed by atoms with Gasteiger partial charge in [-0.1, -0.05) is 30.3 Å². The Morgan fingerprint density at radius 3 is 2.59 bits per heavy atom. The first-order valence-corrected chi connectivity index (χ1v) is 16.2. The molecule has 0 unspecified atom stereocenters. The van der Waals surface area contributed by atoms with E-state index < -0.39 is 17.6 Å². The second-order valence-corrected chi connectivity index (χ2v) is 13.7. The van der Waals surface area contributed by atoms with E-state index in [1.165, 1.54) is 17.0 Å². The fourth-order valence-electron chi connectivity index (χ4n) is 8.14. The van der Waals surface area contributed by atoms with Crippen LogP contribution in [0.25, 0.3) is 0 Å². The molecule has 3 atom stereocenters. The normalized spacial score (nSPS) is 23.2. The minimum atomic E-state index is -4.61. The lowest BCUT2D eigenvalue weighted by atomic mass is 9.71. The van der Waals surface area contributed by atoms with Crippen LogP contribution >= 0.6 is 0 Å². The molecule has 46 heavy (non-hydrogen) atoms. The Hall–Kier alpha value is -3.92. The number of hydrogen-bond acceptors (Lipinski definition) is 5. The molecule has 3 aliphatic heterocycles. The number of hydrogen-bond donors (Lipinski definition) is 0. The molecule has 0 N–H and O–H groups in total. The van der Waals surface area contributed by atoms with Gasteiger partial charge in [0.15, 0.2) is 0 Å². The van der Waals surface area contributed by atoms with E-state index in [1.54, 1.807) is 18.4 Å². The summed E-state index contributed by atoms with van der Waals surface area (Å²) in [5, 5.41) is 4.30. The molecule has 2 saturated heterocycles. The lowest BCUT2D eigenvalue weighted by Gasteiger charge is -2.33. The van der Waals surface area contributed by atoms with Crippen molar-refractivity contribution in [2.75, 3.05) is 31.1 Å². The highest BCUT2D eigenvalue weighted by atomic mass is 19.4. The molecule has 242 valence electrons. The number of halogens is 3. The molecule has 10 heteroatoms. The third-order valence-electron chi connectivity index (χ3n) is 11.0. The summed E-state index contributed by atoms with van der Waals surface area (Å²) in [5.41, 5.74) is 3.19. The number of fused-ring (bicyclic) bond motifs is 1. The summed E-state index contributed by atoms with van der Waals surface area (Å²) < 4.78 is 49.1.